The number of nitrogens with one attached hydrogen (secondary N) is 1. The van der Waals surface area contributed by atoms with Gasteiger partial charge in [0.15, 0.2) is 6.61 Å². The van der Waals surface area contributed by atoms with Crippen molar-refractivity contribution in [3.63, 3.8) is 0 Å². The van der Waals surface area contributed by atoms with Crippen molar-refractivity contribution in [3.05, 3.63) is 35.9 Å². The lowest BCUT2D eigenvalue weighted by Crippen LogP contribution is -2.42. The molecule has 0 radical (unpaired) electrons. The van der Waals surface area contributed by atoms with Crippen molar-refractivity contribution in [1.82, 2.24) is 5.32 Å². The number of ether oxygens (including phenoxy) is 1. The van der Waals surface area contributed by atoms with Crippen LogP contribution in [0.2, 0.25) is 0 Å². The topological polar surface area (TPSA) is 95.9 Å². The molecule has 0 unspecified atom stereocenters. The number of phenolic OH excluding ortho intramolecular Hbond substituents is 2. The highest BCUT2D eigenvalue weighted by Crippen LogP contribution is 2.49. The summed E-state index contributed by atoms with van der Waals surface area (Å²) in [6.07, 6.45) is 4.98. The molecule has 6 nitrogen and oxygen atoms in total. The van der Waals surface area contributed by atoms with Gasteiger partial charge in [0, 0.05) is 16.8 Å². The SMILES string of the molecule is C[C@H](NC(=O)COC(=O)c1cc(O)c2ccccc2c1O)[C@H]1C[C@H]2CC[C@H]1C2. The highest BCUT2D eigenvalue weighted by atomic mass is 16.5. The molecular formula is C22H25NO5. The average molecular weight is 383 g/mol. The van der Waals surface area contributed by atoms with Crippen molar-refractivity contribution in [3.8, 4) is 11.5 Å². The molecule has 0 spiro atoms. The lowest BCUT2D eigenvalue weighted by Gasteiger charge is -2.28. The Morgan fingerprint density at radius 2 is 1.93 bits per heavy atom. The summed E-state index contributed by atoms with van der Waals surface area (Å²) >= 11 is 0. The van der Waals surface area contributed by atoms with Gasteiger partial charge >= 0.3 is 5.97 Å². The number of amides is 1. The van der Waals surface area contributed by atoms with Gasteiger partial charge < -0.3 is 20.3 Å². The lowest BCUT2D eigenvalue weighted by molar-refractivity contribution is -0.125. The number of benzene rings is 2. The first-order valence-corrected chi connectivity index (χ1v) is 9.84. The molecule has 4 atom stereocenters. The van der Waals surface area contributed by atoms with Crippen LogP contribution in [0.25, 0.3) is 10.8 Å². The maximum absolute atomic E-state index is 12.3. The van der Waals surface area contributed by atoms with Crippen molar-refractivity contribution < 1.29 is 24.5 Å². The standard InChI is InChI=1S/C22H25NO5/c1-12(17-9-13-6-7-14(17)8-13)23-20(25)11-28-22(27)18-10-19(24)15-4-2-3-5-16(15)21(18)26/h2-5,10,12-14,17,24,26H,6-9,11H2,1H3,(H,23,25)/t12-,13-,14-,17+/m0/s1. The van der Waals surface area contributed by atoms with Crippen LogP contribution >= 0.6 is 0 Å². The first kappa shape index (κ1) is 18.6. The molecule has 2 saturated carbocycles. The van der Waals surface area contributed by atoms with Gasteiger partial charge in [0.2, 0.25) is 0 Å². The number of carbonyl (C=O) groups excluding carboxylic acids is 2. The Morgan fingerprint density at radius 3 is 2.61 bits per heavy atom. The van der Waals surface area contributed by atoms with Crippen LogP contribution in [0.4, 0.5) is 0 Å². The summed E-state index contributed by atoms with van der Waals surface area (Å²) in [7, 11) is 0. The Kier molecular flexibility index (Phi) is 4.87. The Hall–Kier alpha value is -2.76. The van der Waals surface area contributed by atoms with E-state index in [-0.39, 0.29) is 29.0 Å². The number of aromatic hydroxyl groups is 2. The molecule has 0 heterocycles. The Labute approximate surface area is 163 Å². The second-order valence-corrected chi connectivity index (χ2v) is 8.11. The molecule has 2 aliphatic rings. The van der Waals surface area contributed by atoms with Crippen molar-refractivity contribution in [1.29, 1.82) is 0 Å². The maximum atomic E-state index is 12.3. The van der Waals surface area contributed by atoms with E-state index in [1.807, 2.05) is 6.92 Å². The van der Waals surface area contributed by atoms with Crippen LogP contribution in [0.3, 0.4) is 0 Å². The summed E-state index contributed by atoms with van der Waals surface area (Å²) in [5, 5.41) is 24.2. The lowest BCUT2D eigenvalue weighted by atomic mass is 9.84. The van der Waals surface area contributed by atoms with E-state index < -0.39 is 12.6 Å². The molecule has 2 fully saturated rings. The van der Waals surface area contributed by atoms with Crippen LogP contribution in [-0.4, -0.2) is 34.7 Å². The molecule has 0 aliphatic heterocycles. The second kappa shape index (κ2) is 7.34. The van der Waals surface area contributed by atoms with E-state index in [4.69, 9.17) is 4.74 Å². The molecule has 1 amide bonds. The van der Waals surface area contributed by atoms with Crippen molar-refractivity contribution >= 4 is 22.6 Å². The zero-order valence-electron chi connectivity index (χ0n) is 15.9. The molecule has 2 bridgehead atoms. The first-order valence-electron chi connectivity index (χ1n) is 9.84. The largest absolute Gasteiger partial charge is 0.507 e. The van der Waals surface area contributed by atoms with Gasteiger partial charge in [-0.3, -0.25) is 4.79 Å². The minimum atomic E-state index is -0.846. The van der Waals surface area contributed by atoms with Crippen molar-refractivity contribution in [2.75, 3.05) is 6.61 Å². The van der Waals surface area contributed by atoms with E-state index in [1.54, 1.807) is 24.3 Å². The van der Waals surface area contributed by atoms with Crippen LogP contribution in [-0.2, 0) is 9.53 Å². The summed E-state index contributed by atoms with van der Waals surface area (Å²) in [6.45, 7) is 1.59. The van der Waals surface area contributed by atoms with Crippen LogP contribution in [0.15, 0.2) is 30.3 Å². The number of rotatable bonds is 5. The summed E-state index contributed by atoms with van der Waals surface area (Å²) in [6, 6.07) is 7.88. The van der Waals surface area contributed by atoms with E-state index in [0.29, 0.717) is 22.6 Å². The van der Waals surface area contributed by atoms with Crippen LogP contribution in [0.1, 0.15) is 43.0 Å². The molecule has 2 aliphatic carbocycles. The molecule has 0 aromatic heterocycles. The monoisotopic (exact) mass is 383 g/mol. The fourth-order valence-electron chi connectivity index (χ4n) is 5.01. The van der Waals surface area contributed by atoms with E-state index in [9.17, 15) is 19.8 Å². The van der Waals surface area contributed by atoms with Gasteiger partial charge in [-0.15, -0.1) is 0 Å². The molecule has 6 heteroatoms. The number of esters is 1. The van der Waals surface area contributed by atoms with E-state index in [1.165, 1.54) is 19.3 Å². The third kappa shape index (κ3) is 3.39. The van der Waals surface area contributed by atoms with E-state index >= 15 is 0 Å². The number of hydrogen-bond donors (Lipinski definition) is 3. The van der Waals surface area contributed by atoms with E-state index in [0.717, 1.165) is 18.4 Å². The van der Waals surface area contributed by atoms with Crippen molar-refractivity contribution in [2.24, 2.45) is 17.8 Å². The molecule has 148 valence electrons. The third-order valence-electron chi connectivity index (χ3n) is 6.37. The highest BCUT2D eigenvalue weighted by Gasteiger charge is 2.42. The highest BCUT2D eigenvalue weighted by molar-refractivity contribution is 6.04. The second-order valence-electron chi connectivity index (χ2n) is 8.11. The maximum Gasteiger partial charge on any atom is 0.342 e. The zero-order valence-corrected chi connectivity index (χ0v) is 15.9. The predicted molar refractivity (Wildman–Crippen MR) is 104 cm³/mol. The van der Waals surface area contributed by atoms with Gasteiger partial charge in [0.1, 0.15) is 17.1 Å². The minimum absolute atomic E-state index is 0.0552. The number of phenols is 2. The van der Waals surface area contributed by atoms with Gasteiger partial charge in [-0.05, 0) is 50.0 Å². The van der Waals surface area contributed by atoms with Crippen molar-refractivity contribution in [2.45, 2.75) is 38.6 Å². The molecule has 0 saturated heterocycles. The summed E-state index contributed by atoms with van der Waals surface area (Å²) in [5.74, 6) is 0.397. The smallest absolute Gasteiger partial charge is 0.342 e. The summed E-state index contributed by atoms with van der Waals surface area (Å²) in [4.78, 5) is 24.6. The predicted octanol–water partition coefficient (Wildman–Crippen LogP) is 3.35. The van der Waals surface area contributed by atoms with Crippen LogP contribution in [0, 0.1) is 17.8 Å². The van der Waals surface area contributed by atoms with E-state index in [2.05, 4.69) is 5.32 Å². The zero-order chi connectivity index (χ0) is 19.8. The minimum Gasteiger partial charge on any atom is -0.507 e. The molecule has 3 N–H and O–H groups in total. The van der Waals surface area contributed by atoms with Gasteiger partial charge in [-0.25, -0.2) is 4.79 Å². The Morgan fingerprint density at radius 1 is 1.18 bits per heavy atom. The quantitative estimate of drug-likeness (QED) is 0.544. The molecular weight excluding hydrogens is 358 g/mol. The van der Waals surface area contributed by atoms with Gasteiger partial charge in [0.25, 0.3) is 5.91 Å². The average Bonchev–Trinajstić information content (AvgIpc) is 3.32. The summed E-state index contributed by atoms with van der Waals surface area (Å²) < 4.78 is 5.08. The number of fused-ring (bicyclic) bond motifs is 3. The third-order valence-corrected chi connectivity index (χ3v) is 6.37. The van der Waals surface area contributed by atoms with Gasteiger partial charge in [0.05, 0.1) is 0 Å². The normalized spacial score (nSPS) is 24.2. The molecule has 2 aromatic carbocycles. The Bertz CT molecular complexity index is 925. The Balaban J connectivity index is 1.37. The first-order chi connectivity index (χ1) is 13.4. The molecule has 2 aromatic rings. The number of carbonyl (C=O) groups is 2. The number of hydrogen-bond acceptors (Lipinski definition) is 5. The van der Waals surface area contributed by atoms with Gasteiger partial charge in [-0.2, -0.15) is 0 Å². The summed E-state index contributed by atoms with van der Waals surface area (Å²) in [5.41, 5.74) is -0.162. The van der Waals surface area contributed by atoms with Gasteiger partial charge in [-0.1, -0.05) is 30.7 Å². The molecule has 4 rings (SSSR count). The fourth-order valence-corrected chi connectivity index (χ4v) is 5.01. The van der Waals surface area contributed by atoms with Crippen LogP contribution < -0.4 is 5.32 Å². The fraction of sp³-hybridized carbons (Fsp3) is 0.455. The van der Waals surface area contributed by atoms with Crippen LogP contribution in [0.5, 0.6) is 11.5 Å². The molecule has 28 heavy (non-hydrogen) atoms.